The predicted octanol–water partition coefficient (Wildman–Crippen LogP) is 0.365. The number of sulfonamides is 1. The van der Waals surface area contributed by atoms with Gasteiger partial charge >= 0.3 is 0 Å². The van der Waals surface area contributed by atoms with E-state index in [0.29, 0.717) is 22.4 Å². The number of aromatic hydroxyl groups is 1. The highest BCUT2D eigenvalue weighted by atomic mass is 32.2. The van der Waals surface area contributed by atoms with Gasteiger partial charge in [-0.25, -0.2) is 8.42 Å². The van der Waals surface area contributed by atoms with Crippen molar-refractivity contribution in [3.63, 3.8) is 0 Å². The Morgan fingerprint density at radius 2 is 1.68 bits per heavy atom. The summed E-state index contributed by atoms with van der Waals surface area (Å²) in [4.78, 5) is 64.4. The summed E-state index contributed by atoms with van der Waals surface area (Å²) in [5, 5.41) is 21.9. The number of fused-ring (bicyclic) bond motifs is 3. The van der Waals surface area contributed by atoms with Crippen LogP contribution in [0.2, 0.25) is 0 Å². The minimum absolute atomic E-state index is 0.00659. The summed E-state index contributed by atoms with van der Waals surface area (Å²) in [6.45, 7) is 0. The Morgan fingerprint density at radius 1 is 1.03 bits per heavy atom. The minimum Gasteiger partial charge on any atom is -0.507 e. The van der Waals surface area contributed by atoms with Crippen LogP contribution in [0.3, 0.4) is 0 Å². The van der Waals surface area contributed by atoms with E-state index in [0.717, 1.165) is 6.26 Å². The maximum Gasteiger partial charge on any atom is 0.235 e. The number of nitrogens with two attached hydrogens (primary N) is 1. The van der Waals surface area contributed by atoms with Crippen molar-refractivity contribution >= 4 is 44.8 Å². The van der Waals surface area contributed by atoms with Crippen molar-refractivity contribution in [1.82, 2.24) is 0 Å². The smallest absolute Gasteiger partial charge is 0.235 e. The van der Waals surface area contributed by atoms with Gasteiger partial charge in [-0.05, 0) is 53.6 Å². The number of amides is 1. The molecule has 11 nitrogen and oxygen atoms in total. The Hall–Kier alpha value is -3.90. The molecule has 2 aromatic carbocycles. The zero-order valence-corrected chi connectivity index (χ0v) is 20.9. The standard InChI is InChI=1S/C26H24N2O9S/c1-38(36,37)28-14-4-2-11(3-5-14)15-6-7-17(29)20-16(15)9-12-8-13-10-18(30)21(25(27)34)24(33)26(13,35)23(32)19(12)22(20)31/h2-7,12-13,19,21,28-29,35H,8-10H2,1H3,(H2,27,34)/t12-,13+,19?,21?,26+/m1/s1. The van der Waals surface area contributed by atoms with Gasteiger partial charge in [-0.15, -0.1) is 0 Å². The number of aliphatic hydroxyl groups is 1. The molecule has 2 saturated carbocycles. The quantitative estimate of drug-likeness (QED) is 0.396. The van der Waals surface area contributed by atoms with Crippen LogP contribution in [-0.4, -0.2) is 59.5 Å². The summed E-state index contributed by atoms with van der Waals surface area (Å²) in [7, 11) is -3.49. The molecule has 38 heavy (non-hydrogen) atoms. The van der Waals surface area contributed by atoms with Crippen LogP contribution in [0.1, 0.15) is 28.8 Å². The lowest BCUT2D eigenvalue weighted by Crippen LogP contribution is -2.68. The van der Waals surface area contributed by atoms with E-state index in [9.17, 15) is 42.6 Å². The third-order valence-corrected chi connectivity index (χ3v) is 8.39. The van der Waals surface area contributed by atoms with Gasteiger partial charge in [0.25, 0.3) is 0 Å². The van der Waals surface area contributed by atoms with Gasteiger partial charge < -0.3 is 15.9 Å². The molecule has 3 aliphatic carbocycles. The minimum atomic E-state index is -3.49. The number of anilines is 1. The summed E-state index contributed by atoms with van der Waals surface area (Å²) in [6.07, 6.45) is 0.743. The van der Waals surface area contributed by atoms with E-state index in [2.05, 4.69) is 4.72 Å². The molecule has 2 fully saturated rings. The van der Waals surface area contributed by atoms with Crippen molar-refractivity contribution in [3.05, 3.63) is 47.5 Å². The van der Waals surface area contributed by atoms with Gasteiger partial charge in [0.2, 0.25) is 15.9 Å². The van der Waals surface area contributed by atoms with Gasteiger partial charge in [0, 0.05) is 18.0 Å². The molecule has 0 aliphatic heterocycles. The van der Waals surface area contributed by atoms with Crippen LogP contribution in [0.5, 0.6) is 5.75 Å². The summed E-state index contributed by atoms with van der Waals surface area (Å²) >= 11 is 0. The first-order valence-corrected chi connectivity index (χ1v) is 13.7. The number of rotatable bonds is 4. The number of nitrogens with one attached hydrogen (secondary N) is 1. The van der Waals surface area contributed by atoms with Gasteiger partial charge in [0.15, 0.2) is 34.7 Å². The number of phenols is 1. The first-order valence-electron chi connectivity index (χ1n) is 11.8. The Kier molecular flexibility index (Phi) is 5.80. The van der Waals surface area contributed by atoms with E-state index in [4.69, 9.17) is 5.73 Å². The molecule has 0 spiro atoms. The van der Waals surface area contributed by atoms with E-state index in [1.54, 1.807) is 30.3 Å². The van der Waals surface area contributed by atoms with Gasteiger partial charge in [-0.3, -0.25) is 28.7 Å². The normalized spacial score (nSPS) is 28.8. The molecule has 3 aliphatic rings. The highest BCUT2D eigenvalue weighted by Crippen LogP contribution is 2.51. The molecule has 2 unspecified atom stereocenters. The Balaban J connectivity index is 1.56. The van der Waals surface area contributed by atoms with Crippen LogP contribution < -0.4 is 10.5 Å². The van der Waals surface area contributed by atoms with Crippen molar-refractivity contribution < 1.29 is 42.6 Å². The fourth-order valence-corrected chi connectivity index (χ4v) is 6.73. The monoisotopic (exact) mass is 540 g/mol. The molecular formula is C26H24N2O9S. The third-order valence-electron chi connectivity index (χ3n) is 7.78. The lowest BCUT2D eigenvalue weighted by Gasteiger charge is -2.48. The van der Waals surface area contributed by atoms with E-state index in [1.165, 1.54) is 6.07 Å². The second-order valence-corrected chi connectivity index (χ2v) is 11.9. The molecule has 198 valence electrons. The molecule has 5 N–H and O–H groups in total. The SMILES string of the molecule is CS(=O)(=O)Nc1ccc(-c2ccc(O)c3c2C[C@H]2C[C@H]4CC(=O)C(C(N)=O)C(=O)[C@@]4(O)C(=O)C2C3=O)cc1. The maximum atomic E-state index is 13.6. The van der Waals surface area contributed by atoms with Gasteiger partial charge in [-0.2, -0.15) is 0 Å². The zero-order valence-electron chi connectivity index (χ0n) is 20.1. The van der Waals surface area contributed by atoms with Crippen molar-refractivity contribution in [2.75, 3.05) is 11.0 Å². The Bertz CT molecular complexity index is 1550. The van der Waals surface area contributed by atoms with Gasteiger partial charge in [0.1, 0.15) is 5.75 Å². The van der Waals surface area contributed by atoms with E-state index >= 15 is 0 Å². The average molecular weight is 541 g/mol. The lowest BCUT2D eigenvalue weighted by molar-refractivity contribution is -0.175. The number of carbonyl (C=O) groups is 5. The first kappa shape index (κ1) is 25.7. The summed E-state index contributed by atoms with van der Waals surface area (Å²) in [6, 6.07) is 9.28. The van der Waals surface area contributed by atoms with Crippen LogP contribution >= 0.6 is 0 Å². The molecule has 5 atom stereocenters. The molecule has 2 aromatic rings. The third kappa shape index (κ3) is 3.82. The summed E-state index contributed by atoms with van der Waals surface area (Å²) < 4.78 is 25.4. The first-order chi connectivity index (χ1) is 17.7. The number of Topliss-reactive ketones (excluding diaryl/α,β-unsaturated/α-hetero) is 4. The summed E-state index contributed by atoms with van der Waals surface area (Å²) in [5.74, 6) is -10.7. The summed E-state index contributed by atoms with van der Waals surface area (Å²) in [5.41, 5.74) is 4.38. The van der Waals surface area contributed by atoms with Crippen molar-refractivity contribution in [2.45, 2.75) is 24.9 Å². The highest BCUT2D eigenvalue weighted by molar-refractivity contribution is 7.92. The predicted molar refractivity (Wildman–Crippen MR) is 132 cm³/mol. The number of phenolic OH excluding ortho intramolecular Hbond substituents is 1. The topological polar surface area (TPSA) is 198 Å². The molecule has 12 heteroatoms. The van der Waals surface area contributed by atoms with E-state index in [1.807, 2.05) is 0 Å². The fourth-order valence-electron chi connectivity index (χ4n) is 6.17. The van der Waals surface area contributed by atoms with Crippen LogP contribution in [0.4, 0.5) is 5.69 Å². The number of carbonyl (C=O) groups excluding carboxylic acids is 5. The van der Waals surface area contributed by atoms with Crippen molar-refractivity contribution in [3.8, 4) is 16.9 Å². The number of benzene rings is 2. The molecule has 0 radical (unpaired) electrons. The average Bonchev–Trinajstić information content (AvgIpc) is 2.81. The number of hydrogen-bond acceptors (Lipinski definition) is 9. The fraction of sp³-hybridized carbons (Fsp3) is 0.346. The van der Waals surface area contributed by atoms with Crippen LogP contribution in [0.15, 0.2) is 36.4 Å². The number of ketones is 4. The molecule has 0 bridgehead atoms. The van der Waals surface area contributed by atoms with Gasteiger partial charge in [-0.1, -0.05) is 18.2 Å². The van der Waals surface area contributed by atoms with Crippen molar-refractivity contribution in [1.29, 1.82) is 0 Å². The van der Waals surface area contributed by atoms with Crippen LogP contribution in [-0.2, 0) is 35.6 Å². The maximum absolute atomic E-state index is 13.6. The number of hydrogen-bond donors (Lipinski definition) is 4. The Morgan fingerprint density at radius 3 is 2.29 bits per heavy atom. The van der Waals surface area contributed by atoms with E-state index in [-0.39, 0.29) is 24.2 Å². The second-order valence-electron chi connectivity index (χ2n) is 10.2. The van der Waals surface area contributed by atoms with Crippen molar-refractivity contribution in [2.24, 2.45) is 29.4 Å². The van der Waals surface area contributed by atoms with Crippen LogP contribution in [0, 0.1) is 23.7 Å². The Labute approximate surface area is 217 Å². The van der Waals surface area contributed by atoms with Crippen LogP contribution in [0.25, 0.3) is 11.1 Å². The second kappa shape index (κ2) is 8.57. The molecule has 0 heterocycles. The van der Waals surface area contributed by atoms with E-state index < -0.39 is 74.8 Å². The van der Waals surface area contributed by atoms with Gasteiger partial charge in [0.05, 0.1) is 17.7 Å². The lowest BCUT2D eigenvalue weighted by atomic mass is 9.53. The molecule has 0 aromatic heterocycles. The number of primary amides is 1. The highest BCUT2D eigenvalue weighted by Gasteiger charge is 2.66. The molecule has 0 saturated heterocycles. The molecular weight excluding hydrogens is 516 g/mol. The molecule has 5 rings (SSSR count). The molecule has 1 amide bonds. The largest absolute Gasteiger partial charge is 0.507 e. The zero-order chi connectivity index (χ0) is 27.7.